The van der Waals surface area contributed by atoms with Gasteiger partial charge in [0, 0.05) is 17.3 Å². The summed E-state index contributed by atoms with van der Waals surface area (Å²) in [4.78, 5) is 12.4. The number of para-hydroxylation sites is 3. The lowest BCUT2D eigenvalue weighted by Gasteiger charge is -2.16. The molecule has 0 bridgehead atoms. The second-order valence-electron chi connectivity index (χ2n) is 6.50. The summed E-state index contributed by atoms with van der Waals surface area (Å²) in [7, 11) is 0. The standard InChI is InChI=1S/C24H23NO2/c1-17-10-9-11-18(2)24(17)27-23-15-8-7-14-21(23)25-19(3)16-22(26)20-12-5-4-6-13-20/h4-16,25H,1-3H3/b19-16-. The smallest absolute Gasteiger partial charge is 0.187 e. The first-order valence-electron chi connectivity index (χ1n) is 8.92. The Kier molecular flexibility index (Phi) is 5.72. The lowest BCUT2D eigenvalue weighted by atomic mass is 10.1. The van der Waals surface area contributed by atoms with E-state index in [4.69, 9.17) is 4.74 Å². The van der Waals surface area contributed by atoms with Crippen molar-refractivity contribution in [2.24, 2.45) is 0 Å². The molecule has 0 amide bonds. The summed E-state index contributed by atoms with van der Waals surface area (Å²) in [5, 5.41) is 3.29. The molecule has 3 nitrogen and oxygen atoms in total. The molecule has 0 aromatic heterocycles. The molecule has 1 N–H and O–H groups in total. The third-order valence-electron chi connectivity index (χ3n) is 4.25. The predicted octanol–water partition coefficient (Wildman–Crippen LogP) is 6.29. The van der Waals surface area contributed by atoms with Crippen LogP contribution in [0.1, 0.15) is 28.4 Å². The van der Waals surface area contributed by atoms with Gasteiger partial charge >= 0.3 is 0 Å². The van der Waals surface area contributed by atoms with Gasteiger partial charge in [0.15, 0.2) is 11.5 Å². The van der Waals surface area contributed by atoms with E-state index in [0.717, 1.165) is 34.0 Å². The Balaban J connectivity index is 1.82. The van der Waals surface area contributed by atoms with Crippen molar-refractivity contribution in [3.05, 3.63) is 101 Å². The maximum Gasteiger partial charge on any atom is 0.187 e. The van der Waals surface area contributed by atoms with Crippen LogP contribution in [0, 0.1) is 13.8 Å². The van der Waals surface area contributed by atoms with Gasteiger partial charge in [0.25, 0.3) is 0 Å². The van der Waals surface area contributed by atoms with Crippen molar-refractivity contribution >= 4 is 11.5 Å². The van der Waals surface area contributed by atoms with Gasteiger partial charge in [0.05, 0.1) is 5.69 Å². The first-order valence-corrected chi connectivity index (χ1v) is 8.92. The van der Waals surface area contributed by atoms with Crippen LogP contribution >= 0.6 is 0 Å². The highest BCUT2D eigenvalue weighted by atomic mass is 16.5. The predicted molar refractivity (Wildman–Crippen MR) is 111 cm³/mol. The molecule has 0 fully saturated rings. The van der Waals surface area contributed by atoms with E-state index in [1.807, 2.05) is 93.6 Å². The molecule has 3 rings (SSSR count). The summed E-state index contributed by atoms with van der Waals surface area (Å²) in [6, 6.07) is 23.0. The Morgan fingerprint density at radius 3 is 2.19 bits per heavy atom. The molecule has 0 aliphatic carbocycles. The van der Waals surface area contributed by atoms with Crippen molar-refractivity contribution in [2.45, 2.75) is 20.8 Å². The first kappa shape index (κ1) is 18.5. The van der Waals surface area contributed by atoms with E-state index in [0.29, 0.717) is 5.56 Å². The molecule has 0 heterocycles. The van der Waals surface area contributed by atoms with Gasteiger partial charge in [-0.15, -0.1) is 0 Å². The zero-order chi connectivity index (χ0) is 19.2. The van der Waals surface area contributed by atoms with E-state index in [-0.39, 0.29) is 5.78 Å². The second kappa shape index (κ2) is 8.37. The van der Waals surface area contributed by atoms with Crippen molar-refractivity contribution in [3.8, 4) is 11.5 Å². The summed E-state index contributed by atoms with van der Waals surface area (Å²) in [5.74, 6) is 1.54. The number of carbonyl (C=O) groups is 1. The number of carbonyl (C=O) groups excluding carboxylic acids is 1. The van der Waals surface area contributed by atoms with Crippen molar-refractivity contribution in [1.82, 2.24) is 0 Å². The van der Waals surface area contributed by atoms with Crippen LogP contribution in [-0.2, 0) is 0 Å². The van der Waals surface area contributed by atoms with Crippen LogP contribution in [0.25, 0.3) is 0 Å². The summed E-state index contributed by atoms with van der Waals surface area (Å²) < 4.78 is 6.19. The highest BCUT2D eigenvalue weighted by Gasteiger charge is 2.09. The molecule has 3 aromatic rings. The van der Waals surface area contributed by atoms with Crippen LogP contribution in [0.2, 0.25) is 0 Å². The molecule has 0 saturated carbocycles. The van der Waals surface area contributed by atoms with Gasteiger partial charge in [0.2, 0.25) is 0 Å². The van der Waals surface area contributed by atoms with Crippen molar-refractivity contribution in [3.63, 3.8) is 0 Å². The zero-order valence-corrected chi connectivity index (χ0v) is 15.8. The fourth-order valence-electron chi connectivity index (χ4n) is 2.86. The molecule has 0 aliphatic rings. The monoisotopic (exact) mass is 357 g/mol. The summed E-state index contributed by atoms with van der Waals surface area (Å²) >= 11 is 0. The Morgan fingerprint density at radius 1 is 0.852 bits per heavy atom. The minimum Gasteiger partial charge on any atom is -0.455 e. The molecule has 0 aliphatic heterocycles. The number of aryl methyl sites for hydroxylation is 2. The van der Waals surface area contributed by atoms with E-state index in [2.05, 4.69) is 5.32 Å². The van der Waals surface area contributed by atoms with Crippen LogP contribution in [-0.4, -0.2) is 5.78 Å². The third-order valence-corrected chi connectivity index (χ3v) is 4.25. The van der Waals surface area contributed by atoms with Crippen molar-refractivity contribution in [2.75, 3.05) is 5.32 Å². The molecule has 0 unspecified atom stereocenters. The molecule has 0 spiro atoms. The number of nitrogens with one attached hydrogen (secondary N) is 1. The van der Waals surface area contributed by atoms with E-state index in [9.17, 15) is 4.79 Å². The Labute approximate surface area is 160 Å². The molecule has 3 aromatic carbocycles. The number of rotatable bonds is 6. The van der Waals surface area contributed by atoms with E-state index in [1.165, 1.54) is 0 Å². The van der Waals surface area contributed by atoms with Gasteiger partial charge in [-0.05, 0) is 44.0 Å². The molecular weight excluding hydrogens is 334 g/mol. The minimum absolute atomic E-state index is 0.0336. The van der Waals surface area contributed by atoms with Crippen molar-refractivity contribution in [1.29, 1.82) is 0 Å². The fraction of sp³-hybridized carbons (Fsp3) is 0.125. The van der Waals surface area contributed by atoms with Gasteiger partial charge < -0.3 is 10.1 Å². The van der Waals surface area contributed by atoms with Crippen LogP contribution < -0.4 is 10.1 Å². The lowest BCUT2D eigenvalue weighted by Crippen LogP contribution is -2.03. The van der Waals surface area contributed by atoms with E-state index < -0.39 is 0 Å². The highest BCUT2D eigenvalue weighted by Crippen LogP contribution is 2.33. The van der Waals surface area contributed by atoms with Crippen LogP contribution in [0.3, 0.4) is 0 Å². The molecule has 27 heavy (non-hydrogen) atoms. The quantitative estimate of drug-likeness (QED) is 0.416. The Hall–Kier alpha value is -3.33. The third kappa shape index (κ3) is 4.64. The van der Waals surface area contributed by atoms with Crippen LogP contribution in [0.15, 0.2) is 84.6 Å². The summed E-state index contributed by atoms with van der Waals surface area (Å²) in [6.07, 6.45) is 1.60. The van der Waals surface area contributed by atoms with Crippen LogP contribution in [0.4, 0.5) is 5.69 Å². The zero-order valence-electron chi connectivity index (χ0n) is 15.8. The number of hydrogen-bond acceptors (Lipinski definition) is 3. The number of ether oxygens (including phenoxy) is 1. The number of ketones is 1. The SMILES string of the molecule is C/C(=C/C(=O)c1ccccc1)Nc1ccccc1Oc1c(C)cccc1C. The summed E-state index contributed by atoms with van der Waals surface area (Å²) in [6.45, 7) is 5.93. The molecule has 0 saturated heterocycles. The second-order valence-corrected chi connectivity index (χ2v) is 6.50. The maximum atomic E-state index is 12.4. The molecule has 0 radical (unpaired) electrons. The number of anilines is 1. The Bertz CT molecular complexity index is 954. The number of hydrogen-bond donors (Lipinski definition) is 1. The maximum absolute atomic E-state index is 12.4. The molecular formula is C24H23NO2. The lowest BCUT2D eigenvalue weighted by molar-refractivity contribution is 0.104. The van der Waals surface area contributed by atoms with Gasteiger partial charge in [-0.3, -0.25) is 4.79 Å². The van der Waals surface area contributed by atoms with E-state index in [1.54, 1.807) is 6.08 Å². The van der Waals surface area contributed by atoms with Gasteiger partial charge in [0.1, 0.15) is 5.75 Å². The van der Waals surface area contributed by atoms with E-state index >= 15 is 0 Å². The van der Waals surface area contributed by atoms with Gasteiger partial charge in [-0.1, -0.05) is 60.7 Å². The molecule has 3 heteroatoms. The Morgan fingerprint density at radius 2 is 1.48 bits per heavy atom. The molecule has 0 atom stereocenters. The van der Waals surface area contributed by atoms with Crippen molar-refractivity contribution < 1.29 is 9.53 Å². The van der Waals surface area contributed by atoms with Gasteiger partial charge in [-0.2, -0.15) is 0 Å². The topological polar surface area (TPSA) is 38.3 Å². The number of benzene rings is 3. The molecule has 136 valence electrons. The van der Waals surface area contributed by atoms with Crippen LogP contribution in [0.5, 0.6) is 11.5 Å². The van der Waals surface area contributed by atoms with Gasteiger partial charge in [-0.25, -0.2) is 0 Å². The average molecular weight is 357 g/mol. The normalized spacial score (nSPS) is 11.1. The summed E-state index contributed by atoms with van der Waals surface area (Å²) in [5.41, 5.74) is 4.39. The first-order chi connectivity index (χ1) is 13.0. The average Bonchev–Trinajstić information content (AvgIpc) is 2.66. The largest absolute Gasteiger partial charge is 0.455 e. The highest BCUT2D eigenvalue weighted by molar-refractivity contribution is 6.05. The number of allylic oxidation sites excluding steroid dienone is 2. The fourth-order valence-corrected chi connectivity index (χ4v) is 2.86. The minimum atomic E-state index is -0.0336.